The zero-order valence-corrected chi connectivity index (χ0v) is 13.1. The molecule has 0 aromatic heterocycles. The van der Waals surface area contributed by atoms with E-state index >= 15 is 0 Å². The second-order valence-electron chi connectivity index (χ2n) is 5.58. The van der Waals surface area contributed by atoms with Gasteiger partial charge in [0.15, 0.2) is 0 Å². The van der Waals surface area contributed by atoms with Crippen molar-refractivity contribution < 1.29 is 19.8 Å². The van der Waals surface area contributed by atoms with Crippen molar-refractivity contribution in [1.29, 1.82) is 0 Å². The Bertz CT molecular complexity index is 720. The highest BCUT2D eigenvalue weighted by molar-refractivity contribution is 5.84. The second-order valence-corrected chi connectivity index (χ2v) is 5.58. The van der Waals surface area contributed by atoms with Crippen molar-refractivity contribution in [2.45, 2.75) is 18.6 Å². The monoisotopic (exact) mass is 331 g/mol. The van der Waals surface area contributed by atoms with Crippen LogP contribution >= 0.6 is 0 Å². The molecule has 128 valence electrons. The van der Waals surface area contributed by atoms with Gasteiger partial charge in [-0.25, -0.2) is 4.79 Å². The highest BCUT2D eigenvalue weighted by atomic mass is 16.4. The van der Waals surface area contributed by atoms with Crippen LogP contribution in [0.2, 0.25) is 0 Å². The van der Waals surface area contributed by atoms with Crippen molar-refractivity contribution in [2.24, 2.45) is 5.73 Å². The standard InChI is InChI=1S/C17H21N3O4/c18-15(16(22)19-9-14(21)10-20-17(23)24)8-11-5-6-12-3-1-2-4-13(12)7-11/h1-7,14-15,20-21H,8-10,18H2,(H,19,22)(H,23,24)/t14?,15-/m0/s1. The summed E-state index contributed by atoms with van der Waals surface area (Å²) in [5, 5.41) is 24.7. The van der Waals surface area contributed by atoms with Crippen LogP contribution in [0.5, 0.6) is 0 Å². The first-order chi connectivity index (χ1) is 11.5. The molecule has 0 aliphatic heterocycles. The fraction of sp³-hybridized carbons (Fsp3) is 0.294. The van der Waals surface area contributed by atoms with Crippen LogP contribution in [0.25, 0.3) is 10.8 Å². The van der Waals surface area contributed by atoms with Gasteiger partial charge in [-0.1, -0.05) is 42.5 Å². The van der Waals surface area contributed by atoms with E-state index in [0.29, 0.717) is 6.42 Å². The first-order valence-corrected chi connectivity index (χ1v) is 7.61. The molecule has 0 saturated heterocycles. The predicted molar refractivity (Wildman–Crippen MR) is 90.7 cm³/mol. The number of hydrogen-bond acceptors (Lipinski definition) is 4. The average Bonchev–Trinajstić information content (AvgIpc) is 2.57. The third kappa shape index (κ3) is 5.22. The molecule has 0 aliphatic carbocycles. The van der Waals surface area contributed by atoms with Gasteiger partial charge in [-0.2, -0.15) is 0 Å². The van der Waals surface area contributed by atoms with Gasteiger partial charge in [0.25, 0.3) is 0 Å². The third-order valence-corrected chi connectivity index (χ3v) is 3.61. The lowest BCUT2D eigenvalue weighted by molar-refractivity contribution is -0.122. The van der Waals surface area contributed by atoms with Crippen molar-refractivity contribution in [3.05, 3.63) is 48.0 Å². The molecule has 0 radical (unpaired) electrons. The summed E-state index contributed by atoms with van der Waals surface area (Å²) in [5.41, 5.74) is 6.85. The molecule has 2 amide bonds. The lowest BCUT2D eigenvalue weighted by Crippen LogP contribution is -2.46. The molecule has 0 bridgehead atoms. The number of benzene rings is 2. The number of carbonyl (C=O) groups is 2. The molecule has 24 heavy (non-hydrogen) atoms. The average molecular weight is 331 g/mol. The van der Waals surface area contributed by atoms with Crippen LogP contribution in [-0.2, 0) is 11.2 Å². The summed E-state index contributed by atoms with van der Waals surface area (Å²) in [6, 6.07) is 13.1. The second kappa shape index (κ2) is 8.28. The number of carboxylic acid groups (broad SMARTS) is 1. The van der Waals surface area contributed by atoms with E-state index < -0.39 is 24.1 Å². The van der Waals surface area contributed by atoms with Crippen LogP contribution in [-0.4, -0.2) is 47.4 Å². The van der Waals surface area contributed by atoms with E-state index in [0.717, 1.165) is 16.3 Å². The number of amides is 2. The first-order valence-electron chi connectivity index (χ1n) is 7.61. The van der Waals surface area contributed by atoms with Crippen molar-refractivity contribution in [2.75, 3.05) is 13.1 Å². The minimum Gasteiger partial charge on any atom is -0.465 e. The summed E-state index contributed by atoms with van der Waals surface area (Å²) in [6.07, 6.45) is -1.86. The maximum Gasteiger partial charge on any atom is 0.404 e. The molecule has 2 atom stereocenters. The molecule has 2 aromatic carbocycles. The first kappa shape index (κ1) is 17.7. The summed E-state index contributed by atoms with van der Waals surface area (Å²) < 4.78 is 0. The normalized spacial score (nSPS) is 13.2. The molecule has 0 aliphatic rings. The maximum absolute atomic E-state index is 12.0. The lowest BCUT2D eigenvalue weighted by Gasteiger charge is -2.15. The molecule has 2 aromatic rings. The summed E-state index contributed by atoms with van der Waals surface area (Å²) in [4.78, 5) is 22.3. The largest absolute Gasteiger partial charge is 0.465 e. The van der Waals surface area contributed by atoms with Gasteiger partial charge in [-0.15, -0.1) is 0 Å². The molecular formula is C17H21N3O4. The minimum atomic E-state index is -1.23. The molecular weight excluding hydrogens is 310 g/mol. The van der Waals surface area contributed by atoms with Crippen molar-refractivity contribution in [1.82, 2.24) is 10.6 Å². The Labute approximate surface area is 139 Å². The number of rotatable bonds is 7. The maximum atomic E-state index is 12.0. The van der Waals surface area contributed by atoms with Gasteiger partial charge in [0.2, 0.25) is 5.91 Å². The van der Waals surface area contributed by atoms with Crippen LogP contribution in [0.1, 0.15) is 5.56 Å². The summed E-state index contributed by atoms with van der Waals surface area (Å²) in [6.45, 7) is -0.222. The Hall–Kier alpha value is -2.64. The molecule has 7 heteroatoms. The molecule has 2 rings (SSSR count). The zero-order valence-electron chi connectivity index (χ0n) is 13.1. The van der Waals surface area contributed by atoms with Crippen LogP contribution < -0.4 is 16.4 Å². The zero-order chi connectivity index (χ0) is 17.5. The molecule has 0 saturated carbocycles. The number of hydrogen-bond donors (Lipinski definition) is 5. The Morgan fingerprint density at radius 1 is 1.04 bits per heavy atom. The minimum absolute atomic E-state index is 0.0649. The van der Waals surface area contributed by atoms with Crippen molar-refractivity contribution >= 4 is 22.8 Å². The van der Waals surface area contributed by atoms with E-state index in [9.17, 15) is 14.7 Å². The summed E-state index contributed by atoms with van der Waals surface area (Å²) in [7, 11) is 0. The quantitative estimate of drug-likeness (QED) is 0.504. The van der Waals surface area contributed by atoms with Gasteiger partial charge in [-0.3, -0.25) is 4.79 Å². The number of nitrogens with two attached hydrogens (primary N) is 1. The molecule has 7 nitrogen and oxygen atoms in total. The van der Waals surface area contributed by atoms with Crippen LogP contribution in [0.15, 0.2) is 42.5 Å². The highest BCUT2D eigenvalue weighted by Gasteiger charge is 2.15. The van der Waals surface area contributed by atoms with E-state index in [1.54, 1.807) is 0 Å². The van der Waals surface area contributed by atoms with Gasteiger partial charge in [0.05, 0.1) is 12.1 Å². The number of fused-ring (bicyclic) bond motifs is 1. The number of aliphatic hydroxyl groups excluding tert-OH is 1. The summed E-state index contributed by atoms with van der Waals surface area (Å²) in [5.74, 6) is -0.391. The van der Waals surface area contributed by atoms with E-state index in [1.807, 2.05) is 47.8 Å². The predicted octanol–water partition coefficient (Wildman–Crippen LogP) is 0.454. The number of nitrogens with one attached hydrogen (secondary N) is 2. The molecule has 1 unspecified atom stereocenters. The highest BCUT2D eigenvalue weighted by Crippen LogP contribution is 2.16. The van der Waals surface area contributed by atoms with E-state index in [2.05, 4.69) is 5.32 Å². The fourth-order valence-electron chi connectivity index (χ4n) is 2.34. The van der Waals surface area contributed by atoms with Gasteiger partial charge < -0.3 is 26.6 Å². The van der Waals surface area contributed by atoms with Gasteiger partial charge in [-0.05, 0) is 22.8 Å². The SMILES string of the molecule is N[C@@H](Cc1ccc2ccccc2c1)C(=O)NCC(O)CNC(=O)O. The Morgan fingerprint density at radius 3 is 2.42 bits per heavy atom. The molecule has 0 fully saturated rings. The van der Waals surface area contributed by atoms with Crippen LogP contribution in [0.3, 0.4) is 0 Å². The van der Waals surface area contributed by atoms with Gasteiger partial charge in [0.1, 0.15) is 0 Å². The van der Waals surface area contributed by atoms with Crippen LogP contribution in [0, 0.1) is 0 Å². The van der Waals surface area contributed by atoms with Crippen LogP contribution in [0.4, 0.5) is 4.79 Å². The Morgan fingerprint density at radius 2 is 1.71 bits per heavy atom. The van der Waals surface area contributed by atoms with E-state index in [4.69, 9.17) is 10.8 Å². The topological polar surface area (TPSA) is 125 Å². The summed E-state index contributed by atoms with van der Waals surface area (Å²) >= 11 is 0. The number of carbonyl (C=O) groups excluding carboxylic acids is 1. The molecule has 0 heterocycles. The van der Waals surface area contributed by atoms with E-state index in [1.165, 1.54) is 0 Å². The van der Waals surface area contributed by atoms with Gasteiger partial charge in [0, 0.05) is 13.1 Å². The Balaban J connectivity index is 1.85. The van der Waals surface area contributed by atoms with E-state index in [-0.39, 0.29) is 13.1 Å². The number of aliphatic hydroxyl groups is 1. The van der Waals surface area contributed by atoms with Crippen molar-refractivity contribution in [3.63, 3.8) is 0 Å². The fourth-order valence-corrected chi connectivity index (χ4v) is 2.34. The van der Waals surface area contributed by atoms with Gasteiger partial charge >= 0.3 is 6.09 Å². The molecule has 0 spiro atoms. The molecule has 6 N–H and O–H groups in total. The third-order valence-electron chi connectivity index (χ3n) is 3.61. The Kier molecular flexibility index (Phi) is 6.11. The smallest absolute Gasteiger partial charge is 0.404 e. The van der Waals surface area contributed by atoms with Crippen molar-refractivity contribution in [3.8, 4) is 0 Å². The lowest BCUT2D eigenvalue weighted by atomic mass is 10.0.